The van der Waals surface area contributed by atoms with E-state index in [1.165, 1.54) is 31.7 Å². The fourth-order valence-corrected chi connectivity index (χ4v) is 3.50. The molecule has 0 unspecified atom stereocenters. The lowest BCUT2D eigenvalue weighted by molar-refractivity contribution is 0.138. The molecule has 0 amide bonds. The van der Waals surface area contributed by atoms with Crippen LogP contribution < -0.4 is 10.6 Å². The number of halogens is 3. The van der Waals surface area contributed by atoms with Crippen molar-refractivity contribution >= 4 is 29.9 Å². The molecular weight excluding hydrogens is 451 g/mol. The van der Waals surface area contributed by atoms with E-state index in [-0.39, 0.29) is 35.2 Å². The molecule has 0 radical (unpaired) electrons. The van der Waals surface area contributed by atoms with Gasteiger partial charge >= 0.3 is 0 Å². The summed E-state index contributed by atoms with van der Waals surface area (Å²) in [5.41, 5.74) is 0.637. The number of hydrogen-bond acceptors (Lipinski definition) is 2. The molecule has 2 rings (SSSR count). The number of benzene rings is 1. The highest BCUT2D eigenvalue weighted by atomic mass is 127. The minimum Gasteiger partial charge on any atom is -0.385 e. The van der Waals surface area contributed by atoms with E-state index in [9.17, 15) is 8.78 Å². The summed E-state index contributed by atoms with van der Waals surface area (Å²) in [6.45, 7) is 2.11. The van der Waals surface area contributed by atoms with Gasteiger partial charge in [-0.05, 0) is 54.9 Å². The minimum absolute atomic E-state index is 0. The van der Waals surface area contributed by atoms with Gasteiger partial charge in [-0.15, -0.1) is 24.0 Å². The van der Waals surface area contributed by atoms with Gasteiger partial charge in [0, 0.05) is 33.9 Å². The zero-order chi connectivity index (χ0) is 18.1. The molecule has 1 aromatic rings. The van der Waals surface area contributed by atoms with Crippen LogP contribution in [0.25, 0.3) is 0 Å². The van der Waals surface area contributed by atoms with Crippen LogP contribution in [0.15, 0.2) is 23.2 Å². The molecule has 0 atom stereocenters. The van der Waals surface area contributed by atoms with Gasteiger partial charge in [0.25, 0.3) is 0 Å². The van der Waals surface area contributed by atoms with Gasteiger partial charge in [-0.1, -0.05) is 12.8 Å². The predicted molar refractivity (Wildman–Crippen MR) is 112 cm³/mol. The lowest BCUT2D eigenvalue weighted by atomic mass is 9.83. The van der Waals surface area contributed by atoms with Gasteiger partial charge in [-0.2, -0.15) is 0 Å². The highest BCUT2D eigenvalue weighted by molar-refractivity contribution is 14.0. The molecule has 26 heavy (non-hydrogen) atoms. The third-order valence-electron chi connectivity index (χ3n) is 5.05. The van der Waals surface area contributed by atoms with Gasteiger partial charge in [0.05, 0.1) is 0 Å². The first kappa shape index (κ1) is 23.1. The molecule has 7 heteroatoms. The van der Waals surface area contributed by atoms with Crippen LogP contribution in [0.1, 0.15) is 37.7 Å². The van der Waals surface area contributed by atoms with Gasteiger partial charge in [-0.25, -0.2) is 8.78 Å². The Kier molecular flexibility index (Phi) is 10.4. The topological polar surface area (TPSA) is 45.7 Å². The quantitative estimate of drug-likeness (QED) is 0.337. The first-order valence-corrected chi connectivity index (χ1v) is 8.96. The van der Waals surface area contributed by atoms with Crippen LogP contribution in [-0.4, -0.2) is 39.8 Å². The molecule has 2 N–H and O–H groups in total. The van der Waals surface area contributed by atoms with Crippen molar-refractivity contribution in [2.45, 2.75) is 38.5 Å². The Labute approximate surface area is 172 Å². The van der Waals surface area contributed by atoms with Crippen molar-refractivity contribution in [1.29, 1.82) is 0 Å². The smallest absolute Gasteiger partial charge is 0.191 e. The molecule has 4 nitrogen and oxygen atoms in total. The fraction of sp³-hybridized carbons (Fsp3) is 0.632. The molecular formula is C19H30F2IN3O. The Morgan fingerprint density at radius 3 is 2.62 bits per heavy atom. The maximum atomic E-state index is 13.6. The Morgan fingerprint density at radius 1 is 1.23 bits per heavy atom. The summed E-state index contributed by atoms with van der Waals surface area (Å²) in [6.07, 6.45) is 6.37. The molecule has 0 saturated heterocycles. The summed E-state index contributed by atoms with van der Waals surface area (Å²) in [5, 5.41) is 6.57. The molecule has 0 heterocycles. The summed E-state index contributed by atoms with van der Waals surface area (Å²) in [5.74, 6) is -0.101. The highest BCUT2D eigenvalue weighted by Gasteiger charge is 2.33. The number of hydrogen-bond donors (Lipinski definition) is 2. The van der Waals surface area contributed by atoms with Crippen LogP contribution in [0, 0.1) is 17.0 Å². The maximum Gasteiger partial charge on any atom is 0.191 e. The molecule has 0 bridgehead atoms. The van der Waals surface area contributed by atoms with Crippen LogP contribution in [0.3, 0.4) is 0 Å². The van der Waals surface area contributed by atoms with Crippen LogP contribution in [0.4, 0.5) is 8.78 Å². The standard InChI is InChI=1S/C19H29F2N3O.HI/c1-22-18(23-11-7-15-13-16(20)5-6-17(15)21)24-14-19(10-12-25-2)8-3-4-9-19;/h5-6,13H,3-4,7-12,14H2,1-2H3,(H2,22,23,24);1H. The number of methoxy groups -OCH3 is 1. The van der Waals surface area contributed by atoms with Crippen molar-refractivity contribution < 1.29 is 13.5 Å². The van der Waals surface area contributed by atoms with E-state index in [4.69, 9.17) is 4.74 Å². The number of ether oxygens (including phenoxy) is 1. The Hall–Kier alpha value is -0.960. The molecule has 1 aliphatic rings. The van der Waals surface area contributed by atoms with E-state index in [1.54, 1.807) is 14.2 Å². The lowest BCUT2D eigenvalue weighted by Crippen LogP contribution is -2.44. The summed E-state index contributed by atoms with van der Waals surface area (Å²) in [7, 11) is 3.46. The average molecular weight is 481 g/mol. The van der Waals surface area contributed by atoms with E-state index in [2.05, 4.69) is 15.6 Å². The van der Waals surface area contributed by atoms with Crippen molar-refractivity contribution in [3.63, 3.8) is 0 Å². The van der Waals surface area contributed by atoms with Crippen molar-refractivity contribution in [3.05, 3.63) is 35.4 Å². The average Bonchev–Trinajstić information content (AvgIpc) is 3.08. The summed E-state index contributed by atoms with van der Waals surface area (Å²) >= 11 is 0. The largest absolute Gasteiger partial charge is 0.385 e. The molecule has 0 aromatic heterocycles. The van der Waals surface area contributed by atoms with E-state index in [0.29, 0.717) is 24.5 Å². The second kappa shape index (κ2) is 11.7. The Morgan fingerprint density at radius 2 is 1.96 bits per heavy atom. The molecule has 1 saturated carbocycles. The van der Waals surface area contributed by atoms with Gasteiger partial charge in [0.1, 0.15) is 11.6 Å². The summed E-state index contributed by atoms with van der Waals surface area (Å²) < 4.78 is 32.1. The third kappa shape index (κ3) is 6.98. The molecule has 148 valence electrons. The fourth-order valence-electron chi connectivity index (χ4n) is 3.50. The minimum atomic E-state index is -0.416. The number of nitrogens with zero attached hydrogens (tertiary/aromatic N) is 1. The van der Waals surface area contributed by atoms with Gasteiger partial charge in [0.15, 0.2) is 5.96 Å². The van der Waals surface area contributed by atoms with Gasteiger partial charge < -0.3 is 15.4 Å². The number of aliphatic imine (C=N–C) groups is 1. The van der Waals surface area contributed by atoms with Crippen LogP contribution >= 0.6 is 24.0 Å². The predicted octanol–water partition coefficient (Wildman–Crippen LogP) is 3.89. The monoisotopic (exact) mass is 481 g/mol. The normalized spacial score (nSPS) is 16.2. The van der Waals surface area contributed by atoms with Crippen molar-refractivity contribution in [1.82, 2.24) is 10.6 Å². The molecule has 1 fully saturated rings. The van der Waals surface area contributed by atoms with Crippen LogP contribution in [0.2, 0.25) is 0 Å². The van der Waals surface area contributed by atoms with E-state index >= 15 is 0 Å². The summed E-state index contributed by atoms with van der Waals surface area (Å²) in [6, 6.07) is 3.54. The first-order valence-electron chi connectivity index (χ1n) is 8.96. The Bertz CT molecular complexity index is 578. The van der Waals surface area contributed by atoms with Gasteiger partial charge in [-0.3, -0.25) is 4.99 Å². The van der Waals surface area contributed by atoms with E-state index in [0.717, 1.165) is 31.7 Å². The molecule has 1 aromatic carbocycles. The number of rotatable bonds is 8. The van der Waals surface area contributed by atoms with Crippen molar-refractivity contribution in [3.8, 4) is 0 Å². The zero-order valence-corrected chi connectivity index (χ0v) is 17.9. The van der Waals surface area contributed by atoms with Crippen molar-refractivity contribution in [2.75, 3.05) is 33.9 Å². The van der Waals surface area contributed by atoms with Crippen LogP contribution in [-0.2, 0) is 11.2 Å². The maximum absolute atomic E-state index is 13.6. The molecule has 0 spiro atoms. The highest BCUT2D eigenvalue weighted by Crippen LogP contribution is 2.40. The van der Waals surface area contributed by atoms with E-state index in [1.807, 2.05) is 0 Å². The second-order valence-corrected chi connectivity index (χ2v) is 6.79. The van der Waals surface area contributed by atoms with Gasteiger partial charge in [0.2, 0.25) is 0 Å². The van der Waals surface area contributed by atoms with Crippen molar-refractivity contribution in [2.24, 2.45) is 10.4 Å². The second-order valence-electron chi connectivity index (χ2n) is 6.79. The number of nitrogens with one attached hydrogen (secondary N) is 2. The molecule has 1 aliphatic carbocycles. The Balaban J connectivity index is 0.00000338. The third-order valence-corrected chi connectivity index (χ3v) is 5.05. The SMILES string of the molecule is CN=C(NCCc1cc(F)ccc1F)NCC1(CCOC)CCCC1.I. The van der Waals surface area contributed by atoms with Crippen LogP contribution in [0.5, 0.6) is 0 Å². The lowest BCUT2D eigenvalue weighted by Gasteiger charge is -2.30. The summed E-state index contributed by atoms with van der Waals surface area (Å²) in [4.78, 5) is 4.23. The first-order chi connectivity index (χ1) is 12.1. The zero-order valence-electron chi connectivity index (χ0n) is 15.6. The number of guanidine groups is 1. The molecule has 0 aliphatic heterocycles. The van der Waals surface area contributed by atoms with E-state index < -0.39 is 5.82 Å².